The molecule has 0 fully saturated rings. The molecule has 0 unspecified atom stereocenters. The zero-order chi connectivity index (χ0) is 14.0. The largest absolute Gasteiger partial charge is 0.366 e. The van der Waals surface area contributed by atoms with E-state index in [0.29, 0.717) is 0 Å². The Bertz CT molecular complexity index is 541. The van der Waals surface area contributed by atoms with Crippen LogP contribution in [0, 0.1) is 23.7 Å². The maximum Gasteiger partial charge on any atom is 0.101 e. The Morgan fingerprint density at radius 2 is 2.00 bits per heavy atom. The summed E-state index contributed by atoms with van der Waals surface area (Å²) in [6, 6.07) is 8.35. The van der Waals surface area contributed by atoms with Crippen LogP contribution < -0.4 is 4.90 Å². The first-order valence-electron chi connectivity index (χ1n) is 6.87. The van der Waals surface area contributed by atoms with E-state index in [9.17, 15) is 5.26 Å². The molecule has 2 heteroatoms. The van der Waals surface area contributed by atoms with Crippen molar-refractivity contribution in [2.75, 3.05) is 18.0 Å². The Balaban J connectivity index is 2.25. The Labute approximate surface area is 116 Å². The first-order valence-corrected chi connectivity index (χ1v) is 6.87. The van der Waals surface area contributed by atoms with Crippen molar-refractivity contribution in [1.82, 2.24) is 0 Å². The van der Waals surface area contributed by atoms with Crippen LogP contribution >= 0.6 is 0 Å². The molecule has 1 aliphatic heterocycles. The van der Waals surface area contributed by atoms with E-state index in [4.69, 9.17) is 0 Å². The highest BCUT2D eigenvalue weighted by atomic mass is 15.1. The van der Waals surface area contributed by atoms with Crippen LogP contribution in [0.2, 0.25) is 0 Å². The van der Waals surface area contributed by atoms with Gasteiger partial charge in [0.1, 0.15) is 6.07 Å². The molecule has 0 atom stereocenters. The van der Waals surface area contributed by atoms with E-state index in [1.54, 1.807) is 0 Å². The molecule has 0 aromatic heterocycles. The van der Waals surface area contributed by atoms with Crippen molar-refractivity contribution in [3.05, 3.63) is 41.0 Å². The lowest BCUT2D eigenvalue weighted by atomic mass is 9.83. The van der Waals surface area contributed by atoms with E-state index in [0.717, 1.165) is 30.8 Å². The lowest BCUT2D eigenvalue weighted by molar-refractivity contribution is 0.472. The summed E-state index contributed by atoms with van der Waals surface area (Å²) in [4.78, 5) is 2.31. The molecule has 0 N–H and O–H groups in total. The fourth-order valence-corrected chi connectivity index (χ4v) is 2.57. The predicted octanol–water partition coefficient (Wildman–Crippen LogP) is 4.05. The second kappa shape index (κ2) is 5.09. The standard InChI is InChI=1S/C17H22N2/c1-13-5-6-14(12-18)16(11-13)19-9-7-15(8-10-19)17(2,3)4/h5-7,11H,8-10H2,1-4H3. The molecule has 1 aromatic carbocycles. The minimum absolute atomic E-state index is 0.261. The maximum atomic E-state index is 9.23. The van der Waals surface area contributed by atoms with Gasteiger partial charge in [0.2, 0.25) is 0 Å². The molecule has 1 aliphatic rings. The van der Waals surface area contributed by atoms with E-state index in [2.05, 4.69) is 50.8 Å². The van der Waals surface area contributed by atoms with Gasteiger partial charge >= 0.3 is 0 Å². The molecule has 0 saturated heterocycles. The van der Waals surface area contributed by atoms with Gasteiger partial charge in [-0.2, -0.15) is 5.26 Å². The monoisotopic (exact) mass is 254 g/mol. The van der Waals surface area contributed by atoms with E-state index in [1.165, 1.54) is 11.1 Å². The van der Waals surface area contributed by atoms with Crippen molar-refractivity contribution in [2.24, 2.45) is 5.41 Å². The highest BCUT2D eigenvalue weighted by molar-refractivity contribution is 5.61. The number of nitrogens with zero attached hydrogens (tertiary/aromatic N) is 2. The summed E-state index contributed by atoms with van der Waals surface area (Å²) < 4.78 is 0. The Morgan fingerprint density at radius 3 is 2.53 bits per heavy atom. The fourth-order valence-electron chi connectivity index (χ4n) is 2.57. The molecule has 0 radical (unpaired) electrons. The average Bonchev–Trinajstić information content (AvgIpc) is 2.38. The second-order valence-electron chi connectivity index (χ2n) is 6.31. The number of aryl methyl sites for hydroxylation is 1. The molecule has 0 aliphatic carbocycles. The van der Waals surface area contributed by atoms with Gasteiger partial charge in [-0.05, 0) is 36.5 Å². The van der Waals surface area contributed by atoms with Crippen molar-refractivity contribution >= 4 is 5.69 Å². The van der Waals surface area contributed by atoms with Crippen LogP contribution in [0.25, 0.3) is 0 Å². The molecule has 100 valence electrons. The molecule has 0 spiro atoms. The summed E-state index contributed by atoms with van der Waals surface area (Å²) in [5.41, 5.74) is 4.84. The third kappa shape index (κ3) is 2.98. The summed E-state index contributed by atoms with van der Waals surface area (Å²) >= 11 is 0. The smallest absolute Gasteiger partial charge is 0.101 e. The minimum atomic E-state index is 0.261. The molecule has 19 heavy (non-hydrogen) atoms. The second-order valence-corrected chi connectivity index (χ2v) is 6.31. The Hall–Kier alpha value is -1.75. The summed E-state index contributed by atoms with van der Waals surface area (Å²) in [6.45, 7) is 10.8. The van der Waals surface area contributed by atoms with Crippen molar-refractivity contribution in [3.8, 4) is 6.07 Å². The first-order chi connectivity index (χ1) is 8.91. The van der Waals surface area contributed by atoms with Gasteiger partial charge in [0.05, 0.1) is 11.3 Å². The van der Waals surface area contributed by atoms with Crippen molar-refractivity contribution in [3.63, 3.8) is 0 Å². The summed E-state index contributed by atoms with van der Waals surface area (Å²) in [7, 11) is 0. The van der Waals surface area contributed by atoms with E-state index >= 15 is 0 Å². The molecule has 2 nitrogen and oxygen atoms in total. The molecule has 2 rings (SSSR count). The van der Waals surface area contributed by atoms with Gasteiger partial charge in [-0.1, -0.05) is 38.5 Å². The average molecular weight is 254 g/mol. The summed E-state index contributed by atoms with van der Waals surface area (Å²) in [5, 5.41) is 9.23. The summed E-state index contributed by atoms with van der Waals surface area (Å²) in [6.07, 6.45) is 3.41. The molecule has 0 bridgehead atoms. The van der Waals surface area contributed by atoms with Gasteiger partial charge in [-0.3, -0.25) is 0 Å². The van der Waals surface area contributed by atoms with Crippen LogP contribution in [0.5, 0.6) is 0 Å². The van der Waals surface area contributed by atoms with Crippen LogP contribution in [0.1, 0.15) is 38.3 Å². The Morgan fingerprint density at radius 1 is 1.26 bits per heavy atom. The highest BCUT2D eigenvalue weighted by Crippen LogP contribution is 2.32. The van der Waals surface area contributed by atoms with Crippen molar-refractivity contribution in [1.29, 1.82) is 5.26 Å². The van der Waals surface area contributed by atoms with E-state index in [-0.39, 0.29) is 5.41 Å². The zero-order valence-electron chi connectivity index (χ0n) is 12.3. The number of nitriles is 1. The van der Waals surface area contributed by atoms with Crippen LogP contribution in [0.4, 0.5) is 5.69 Å². The number of hydrogen-bond donors (Lipinski definition) is 0. The quantitative estimate of drug-likeness (QED) is 0.707. The molecule has 0 amide bonds. The lowest BCUT2D eigenvalue weighted by Gasteiger charge is -2.34. The van der Waals surface area contributed by atoms with Gasteiger partial charge in [-0.15, -0.1) is 0 Å². The Kier molecular flexibility index (Phi) is 3.66. The van der Waals surface area contributed by atoms with Crippen molar-refractivity contribution in [2.45, 2.75) is 34.1 Å². The SMILES string of the molecule is Cc1ccc(C#N)c(N2CC=C(C(C)(C)C)CC2)c1. The minimum Gasteiger partial charge on any atom is -0.366 e. The van der Waals surface area contributed by atoms with Crippen LogP contribution in [0.3, 0.4) is 0 Å². The fraction of sp³-hybridized carbons (Fsp3) is 0.471. The maximum absolute atomic E-state index is 9.23. The number of hydrogen-bond acceptors (Lipinski definition) is 2. The molecular formula is C17H22N2. The van der Waals surface area contributed by atoms with Crippen molar-refractivity contribution < 1.29 is 0 Å². The molecule has 1 aromatic rings. The third-order valence-electron chi connectivity index (χ3n) is 3.79. The zero-order valence-corrected chi connectivity index (χ0v) is 12.3. The molecular weight excluding hydrogens is 232 g/mol. The van der Waals surface area contributed by atoms with Crippen LogP contribution in [-0.2, 0) is 0 Å². The lowest BCUT2D eigenvalue weighted by Crippen LogP contribution is -2.31. The van der Waals surface area contributed by atoms with Gasteiger partial charge in [0.25, 0.3) is 0 Å². The summed E-state index contributed by atoms with van der Waals surface area (Å²) in [5.74, 6) is 0. The van der Waals surface area contributed by atoms with Gasteiger partial charge in [-0.25, -0.2) is 0 Å². The highest BCUT2D eigenvalue weighted by Gasteiger charge is 2.22. The normalized spacial score (nSPS) is 15.9. The van der Waals surface area contributed by atoms with Crippen LogP contribution in [-0.4, -0.2) is 13.1 Å². The van der Waals surface area contributed by atoms with E-state index in [1.807, 2.05) is 12.1 Å². The van der Waals surface area contributed by atoms with Crippen LogP contribution in [0.15, 0.2) is 29.8 Å². The first kappa shape index (κ1) is 13.7. The number of benzene rings is 1. The topological polar surface area (TPSA) is 27.0 Å². The number of rotatable bonds is 1. The van der Waals surface area contributed by atoms with Gasteiger partial charge in [0, 0.05) is 13.1 Å². The molecule has 0 saturated carbocycles. The third-order valence-corrected chi connectivity index (χ3v) is 3.79. The van der Waals surface area contributed by atoms with Gasteiger partial charge in [0.15, 0.2) is 0 Å². The number of anilines is 1. The molecule has 1 heterocycles. The van der Waals surface area contributed by atoms with Gasteiger partial charge < -0.3 is 4.90 Å². The van der Waals surface area contributed by atoms with E-state index < -0.39 is 0 Å². The predicted molar refractivity (Wildman–Crippen MR) is 80.3 cm³/mol.